The molecule has 2 saturated heterocycles. The third-order valence-corrected chi connectivity index (χ3v) is 7.97. The van der Waals surface area contributed by atoms with Crippen molar-refractivity contribution >= 4 is 17.3 Å². The normalized spacial score (nSPS) is 18.1. The molecule has 9 heteroatoms. The molecule has 8 nitrogen and oxygen atoms in total. The van der Waals surface area contributed by atoms with Gasteiger partial charge in [-0.15, -0.1) is 5.10 Å². The van der Waals surface area contributed by atoms with Crippen molar-refractivity contribution in [1.29, 1.82) is 0 Å². The first-order valence-electron chi connectivity index (χ1n) is 13.9. The molecule has 4 aromatic heterocycles. The number of aliphatic hydroxyl groups is 1. The van der Waals surface area contributed by atoms with Gasteiger partial charge in [-0.2, -0.15) is 0 Å². The van der Waals surface area contributed by atoms with E-state index in [1.807, 2.05) is 59.4 Å². The van der Waals surface area contributed by atoms with E-state index in [4.69, 9.17) is 10.1 Å². The van der Waals surface area contributed by atoms with E-state index in [1.165, 1.54) is 6.07 Å². The van der Waals surface area contributed by atoms with Crippen LogP contribution >= 0.6 is 0 Å². The molecule has 2 aliphatic heterocycles. The molecule has 1 N–H and O–H groups in total. The number of pyridine rings is 2. The number of aromatic nitrogens is 5. The molecule has 202 valence electrons. The first-order valence-corrected chi connectivity index (χ1v) is 13.9. The van der Waals surface area contributed by atoms with E-state index in [2.05, 4.69) is 25.8 Å². The predicted molar refractivity (Wildman–Crippen MR) is 153 cm³/mol. The molecule has 6 heterocycles. The molecule has 1 aromatic carbocycles. The fourth-order valence-electron chi connectivity index (χ4n) is 5.88. The number of fused-ring (bicyclic) bond motifs is 1. The minimum atomic E-state index is -0.227. The highest BCUT2D eigenvalue weighted by Crippen LogP contribution is 2.36. The second kappa shape index (κ2) is 10.3. The number of nitrogens with zero attached hydrogens (tertiary/aromatic N) is 7. The van der Waals surface area contributed by atoms with Crippen LogP contribution in [0.1, 0.15) is 37.3 Å². The van der Waals surface area contributed by atoms with E-state index < -0.39 is 0 Å². The zero-order chi connectivity index (χ0) is 27.1. The van der Waals surface area contributed by atoms with E-state index >= 15 is 0 Å². The van der Waals surface area contributed by atoms with E-state index in [1.54, 1.807) is 12.1 Å². The topological polar surface area (TPSA) is 82.7 Å². The first kappa shape index (κ1) is 24.7. The molecule has 2 fully saturated rings. The summed E-state index contributed by atoms with van der Waals surface area (Å²) in [7, 11) is 0. The lowest BCUT2D eigenvalue weighted by Crippen LogP contribution is -2.36. The monoisotopic (exact) mass is 535 g/mol. The summed E-state index contributed by atoms with van der Waals surface area (Å²) < 4.78 is 15.8. The van der Waals surface area contributed by atoms with Crippen LogP contribution in [0.15, 0.2) is 79.1 Å². The van der Waals surface area contributed by atoms with Crippen LogP contribution in [0.25, 0.3) is 28.3 Å². The first-order chi connectivity index (χ1) is 19.6. The SMILES string of the molecule is OC1CCN(c2cc(-c3cccc(-c4cnc5ccc(N6CCC[C@@H]6c6cccc(F)c6)nn45)n3)ccn2)CC1. The van der Waals surface area contributed by atoms with E-state index in [0.29, 0.717) is 0 Å². The van der Waals surface area contributed by atoms with Crippen LogP contribution in [-0.4, -0.2) is 55.4 Å². The zero-order valence-electron chi connectivity index (χ0n) is 22.1. The van der Waals surface area contributed by atoms with Crippen molar-refractivity contribution in [3.63, 3.8) is 0 Å². The van der Waals surface area contributed by atoms with Crippen molar-refractivity contribution < 1.29 is 9.50 Å². The highest BCUT2D eigenvalue weighted by atomic mass is 19.1. The number of hydrogen-bond acceptors (Lipinski definition) is 7. The maximum Gasteiger partial charge on any atom is 0.154 e. The minimum Gasteiger partial charge on any atom is -0.393 e. The molecule has 0 unspecified atom stereocenters. The van der Waals surface area contributed by atoms with Gasteiger partial charge in [0.2, 0.25) is 0 Å². The highest BCUT2D eigenvalue weighted by molar-refractivity contribution is 5.68. The van der Waals surface area contributed by atoms with Crippen LogP contribution in [0.4, 0.5) is 16.0 Å². The van der Waals surface area contributed by atoms with Gasteiger partial charge in [-0.3, -0.25) is 0 Å². The van der Waals surface area contributed by atoms with Crippen molar-refractivity contribution in [3.05, 3.63) is 90.5 Å². The molecule has 0 amide bonds. The van der Waals surface area contributed by atoms with Gasteiger partial charge in [0.15, 0.2) is 5.65 Å². The average Bonchev–Trinajstić information content (AvgIpc) is 3.65. The molecule has 0 aliphatic carbocycles. The van der Waals surface area contributed by atoms with E-state index in [-0.39, 0.29) is 18.0 Å². The summed E-state index contributed by atoms with van der Waals surface area (Å²) in [5.74, 6) is 1.52. The largest absolute Gasteiger partial charge is 0.393 e. The lowest BCUT2D eigenvalue weighted by atomic mass is 10.0. The molecule has 7 rings (SSSR count). The predicted octanol–water partition coefficient (Wildman–Crippen LogP) is 5.30. The number of hydrogen-bond donors (Lipinski definition) is 1. The Balaban J connectivity index is 1.20. The van der Waals surface area contributed by atoms with Gasteiger partial charge in [-0.1, -0.05) is 18.2 Å². The summed E-state index contributed by atoms with van der Waals surface area (Å²) in [5, 5.41) is 14.9. The second-order valence-electron chi connectivity index (χ2n) is 10.5. The summed E-state index contributed by atoms with van der Waals surface area (Å²) in [5.41, 5.74) is 5.12. The van der Waals surface area contributed by atoms with Crippen LogP contribution < -0.4 is 9.80 Å². The van der Waals surface area contributed by atoms with Gasteiger partial charge < -0.3 is 14.9 Å². The molecule has 5 aromatic rings. The van der Waals surface area contributed by atoms with Crippen molar-refractivity contribution in [2.75, 3.05) is 29.4 Å². The quantitative estimate of drug-likeness (QED) is 0.327. The Kier molecular flexibility index (Phi) is 6.36. The third-order valence-electron chi connectivity index (χ3n) is 7.97. The van der Waals surface area contributed by atoms with Crippen LogP contribution in [0, 0.1) is 5.82 Å². The van der Waals surface area contributed by atoms with Gasteiger partial charge in [0.25, 0.3) is 0 Å². The molecule has 40 heavy (non-hydrogen) atoms. The van der Waals surface area contributed by atoms with Crippen LogP contribution in [0.3, 0.4) is 0 Å². The lowest BCUT2D eigenvalue weighted by molar-refractivity contribution is 0.145. The molecular weight excluding hydrogens is 505 g/mol. The van der Waals surface area contributed by atoms with E-state index in [9.17, 15) is 9.50 Å². The standard InChI is InChI=1S/C31H30FN7O/c32-23-5-1-4-22(18-23)27-8-3-15-38(27)30-10-9-29-34-20-28(39(29)36-30)26-7-2-6-25(35-26)21-11-14-33-31(19-21)37-16-12-24(40)13-17-37/h1-2,4-7,9-11,14,18-20,24,27,40H,3,8,12-13,15-17H2/t27-/m1/s1. The van der Waals surface area contributed by atoms with Crippen LogP contribution in [0.2, 0.25) is 0 Å². The minimum absolute atomic E-state index is 0.0816. The van der Waals surface area contributed by atoms with Gasteiger partial charge in [0.05, 0.1) is 29.7 Å². The molecule has 0 spiro atoms. The molecule has 0 bridgehead atoms. The van der Waals surface area contributed by atoms with Crippen molar-refractivity contribution in [2.45, 2.75) is 37.8 Å². The Hall–Kier alpha value is -4.37. The van der Waals surface area contributed by atoms with Gasteiger partial charge >= 0.3 is 0 Å². The Morgan fingerprint density at radius 1 is 0.825 bits per heavy atom. The maximum atomic E-state index is 14.0. The van der Waals surface area contributed by atoms with Gasteiger partial charge in [0, 0.05) is 31.4 Å². The van der Waals surface area contributed by atoms with Crippen molar-refractivity contribution in [2.24, 2.45) is 0 Å². The molecular formula is C31H30FN7O. The summed E-state index contributed by atoms with van der Waals surface area (Å²) in [6.45, 7) is 2.44. The van der Waals surface area contributed by atoms with Gasteiger partial charge in [0.1, 0.15) is 23.1 Å². The number of aliphatic hydroxyl groups excluding tert-OH is 1. The van der Waals surface area contributed by atoms with Gasteiger partial charge in [-0.25, -0.2) is 23.9 Å². The van der Waals surface area contributed by atoms with Crippen molar-refractivity contribution in [3.8, 4) is 22.6 Å². The third kappa shape index (κ3) is 4.66. The summed E-state index contributed by atoms with van der Waals surface area (Å²) in [6, 6.07) is 20.9. The van der Waals surface area contributed by atoms with Crippen molar-refractivity contribution in [1.82, 2.24) is 24.6 Å². The fourth-order valence-corrected chi connectivity index (χ4v) is 5.88. The number of rotatable bonds is 5. The fraction of sp³-hybridized carbons (Fsp3) is 0.290. The number of imidazole rings is 1. The molecule has 1 atom stereocenters. The summed E-state index contributed by atoms with van der Waals surface area (Å²) in [4.78, 5) is 18.6. The highest BCUT2D eigenvalue weighted by Gasteiger charge is 2.28. The molecule has 0 saturated carbocycles. The van der Waals surface area contributed by atoms with E-state index in [0.717, 1.165) is 90.8 Å². The Morgan fingerprint density at radius 3 is 2.55 bits per heavy atom. The number of benzene rings is 1. The lowest BCUT2D eigenvalue weighted by Gasteiger charge is -2.30. The smallest absolute Gasteiger partial charge is 0.154 e. The average molecular weight is 536 g/mol. The summed E-state index contributed by atoms with van der Waals surface area (Å²) >= 11 is 0. The number of piperidine rings is 1. The molecule has 0 radical (unpaired) electrons. The Morgan fingerprint density at radius 2 is 1.68 bits per heavy atom. The molecule has 2 aliphatic rings. The number of halogens is 1. The maximum absolute atomic E-state index is 14.0. The van der Waals surface area contributed by atoms with Gasteiger partial charge in [-0.05, 0) is 79.8 Å². The Labute approximate surface area is 231 Å². The second-order valence-corrected chi connectivity index (χ2v) is 10.5. The van der Waals surface area contributed by atoms with Crippen LogP contribution in [0.5, 0.6) is 0 Å². The zero-order valence-corrected chi connectivity index (χ0v) is 22.1. The Bertz CT molecular complexity index is 1660. The summed E-state index contributed by atoms with van der Waals surface area (Å²) in [6.07, 6.45) is 6.88. The number of anilines is 2. The van der Waals surface area contributed by atoms with Crippen LogP contribution in [-0.2, 0) is 0 Å².